The molecule has 0 amide bonds. The molecule has 0 saturated carbocycles. The molecule has 1 aromatic rings. The number of likely N-dealkylation sites (N-methyl/N-ethyl adjacent to an activating group) is 1. The van der Waals surface area contributed by atoms with Crippen LogP contribution in [0.3, 0.4) is 0 Å². The summed E-state index contributed by atoms with van der Waals surface area (Å²) in [6.45, 7) is 0.0365. The highest BCUT2D eigenvalue weighted by Gasteiger charge is 2.34. The molecule has 0 radical (unpaired) electrons. The molecule has 128 valence electrons. The second-order valence-electron chi connectivity index (χ2n) is 5.49. The number of benzene rings is 1. The summed E-state index contributed by atoms with van der Waals surface area (Å²) in [7, 11) is -2.59. The Balaban J connectivity index is 2.12. The van der Waals surface area contributed by atoms with E-state index in [2.05, 4.69) is 0 Å². The van der Waals surface area contributed by atoms with E-state index in [0.29, 0.717) is 12.8 Å². The van der Waals surface area contributed by atoms with Gasteiger partial charge in [0.05, 0.1) is 6.54 Å². The van der Waals surface area contributed by atoms with E-state index in [9.17, 15) is 22.0 Å². The van der Waals surface area contributed by atoms with Crippen LogP contribution in [0, 0.1) is 11.6 Å². The molecule has 0 atom stereocenters. The number of aliphatic carboxylic acids is 1. The smallest absolute Gasteiger partial charge is 0.317 e. The van der Waals surface area contributed by atoms with E-state index >= 15 is 0 Å². The summed E-state index contributed by atoms with van der Waals surface area (Å²) in [5.41, 5.74) is 0. The molecule has 2 rings (SSSR count). The molecule has 6 nitrogen and oxygen atoms in total. The van der Waals surface area contributed by atoms with Gasteiger partial charge in [-0.15, -0.1) is 0 Å². The molecular weight excluding hydrogens is 330 g/mol. The lowest BCUT2D eigenvalue weighted by Gasteiger charge is -2.35. The molecule has 23 heavy (non-hydrogen) atoms. The third-order valence-electron chi connectivity index (χ3n) is 3.95. The van der Waals surface area contributed by atoms with Crippen LogP contribution in [-0.2, 0) is 14.8 Å². The van der Waals surface area contributed by atoms with Gasteiger partial charge in [-0.2, -0.15) is 4.31 Å². The average Bonchev–Trinajstić information content (AvgIpc) is 2.46. The number of sulfonamides is 1. The van der Waals surface area contributed by atoms with Gasteiger partial charge in [0.2, 0.25) is 10.0 Å². The molecule has 0 unspecified atom stereocenters. The maximum Gasteiger partial charge on any atom is 0.317 e. The van der Waals surface area contributed by atoms with Gasteiger partial charge >= 0.3 is 5.97 Å². The van der Waals surface area contributed by atoms with Crippen molar-refractivity contribution in [2.24, 2.45) is 0 Å². The van der Waals surface area contributed by atoms with Gasteiger partial charge in [-0.1, -0.05) is 6.07 Å². The van der Waals surface area contributed by atoms with Gasteiger partial charge in [0.25, 0.3) is 0 Å². The van der Waals surface area contributed by atoms with Gasteiger partial charge in [-0.3, -0.25) is 9.69 Å². The Morgan fingerprint density at radius 1 is 1.30 bits per heavy atom. The third kappa shape index (κ3) is 3.85. The van der Waals surface area contributed by atoms with Gasteiger partial charge in [0.1, 0.15) is 11.6 Å². The Hall–Kier alpha value is -1.58. The predicted molar refractivity (Wildman–Crippen MR) is 78.4 cm³/mol. The number of rotatable bonds is 5. The van der Waals surface area contributed by atoms with Gasteiger partial charge in [-0.25, -0.2) is 17.2 Å². The van der Waals surface area contributed by atoms with Crippen LogP contribution in [0.5, 0.6) is 0 Å². The summed E-state index contributed by atoms with van der Waals surface area (Å²) in [4.78, 5) is 11.4. The molecule has 0 spiro atoms. The predicted octanol–water partition coefficient (Wildman–Crippen LogP) is 1.13. The number of hydrogen-bond donors (Lipinski definition) is 1. The molecule has 1 N–H and O–H groups in total. The molecule has 0 aromatic heterocycles. The number of hydrogen-bond acceptors (Lipinski definition) is 4. The molecule has 1 aliphatic rings. The minimum Gasteiger partial charge on any atom is -0.480 e. The minimum absolute atomic E-state index is 0.0805. The minimum atomic E-state index is -4.25. The van der Waals surface area contributed by atoms with E-state index in [0.717, 1.165) is 22.5 Å². The lowest BCUT2D eigenvalue weighted by Crippen LogP contribution is -2.46. The molecule has 1 heterocycles. The van der Waals surface area contributed by atoms with Gasteiger partial charge in [0, 0.05) is 19.1 Å². The summed E-state index contributed by atoms with van der Waals surface area (Å²) < 4.78 is 53.3. The maximum atomic E-state index is 13.7. The Morgan fingerprint density at radius 3 is 2.30 bits per heavy atom. The van der Waals surface area contributed by atoms with Crippen molar-refractivity contribution in [3.63, 3.8) is 0 Å². The lowest BCUT2D eigenvalue weighted by atomic mass is 10.1. The highest BCUT2D eigenvalue weighted by molar-refractivity contribution is 7.89. The third-order valence-corrected chi connectivity index (χ3v) is 5.90. The molecule has 1 aromatic carbocycles. The first kappa shape index (κ1) is 17.8. The number of carboxylic acid groups (broad SMARTS) is 1. The first-order chi connectivity index (χ1) is 10.7. The largest absolute Gasteiger partial charge is 0.480 e. The van der Waals surface area contributed by atoms with Crippen molar-refractivity contribution in [3.8, 4) is 0 Å². The quantitative estimate of drug-likeness (QED) is 0.863. The molecule has 0 aliphatic carbocycles. The highest BCUT2D eigenvalue weighted by Crippen LogP contribution is 2.26. The van der Waals surface area contributed by atoms with E-state index in [-0.39, 0.29) is 25.7 Å². The van der Waals surface area contributed by atoms with E-state index in [1.807, 2.05) is 0 Å². The average molecular weight is 348 g/mol. The molecule has 1 saturated heterocycles. The van der Waals surface area contributed by atoms with Crippen LogP contribution in [0.4, 0.5) is 8.78 Å². The van der Waals surface area contributed by atoms with Crippen molar-refractivity contribution in [1.29, 1.82) is 0 Å². The van der Waals surface area contributed by atoms with Crippen LogP contribution >= 0.6 is 0 Å². The Bertz CT molecular complexity index is 668. The fraction of sp³-hybridized carbons (Fsp3) is 0.500. The summed E-state index contributed by atoms with van der Waals surface area (Å²) in [5, 5.41) is 8.77. The molecule has 9 heteroatoms. The lowest BCUT2D eigenvalue weighted by molar-refractivity contribution is -0.138. The van der Waals surface area contributed by atoms with Crippen molar-refractivity contribution >= 4 is 16.0 Å². The van der Waals surface area contributed by atoms with Crippen LogP contribution < -0.4 is 0 Å². The van der Waals surface area contributed by atoms with Crippen molar-refractivity contribution in [1.82, 2.24) is 9.21 Å². The summed E-state index contributed by atoms with van der Waals surface area (Å²) in [5.74, 6) is -3.19. The Kier molecular flexibility index (Phi) is 5.33. The second-order valence-corrected chi connectivity index (χ2v) is 7.37. The highest BCUT2D eigenvalue weighted by atomic mass is 32.2. The summed E-state index contributed by atoms with van der Waals surface area (Å²) >= 11 is 0. The van der Waals surface area contributed by atoms with Crippen molar-refractivity contribution in [2.45, 2.75) is 23.8 Å². The normalized spacial score (nSPS) is 17.6. The topological polar surface area (TPSA) is 77.9 Å². The second kappa shape index (κ2) is 6.90. The van der Waals surface area contributed by atoms with E-state index in [4.69, 9.17) is 5.11 Å². The number of carbonyl (C=O) groups is 1. The van der Waals surface area contributed by atoms with E-state index in [1.54, 1.807) is 11.9 Å². The monoisotopic (exact) mass is 348 g/mol. The number of piperidine rings is 1. The summed E-state index contributed by atoms with van der Waals surface area (Å²) in [6, 6.07) is 2.84. The fourth-order valence-electron chi connectivity index (χ4n) is 2.72. The zero-order valence-electron chi connectivity index (χ0n) is 12.6. The standard InChI is InChI=1S/C14H18F2N2O4S/c1-17(9-13(19)20)10-5-7-18(8-6-10)23(21,22)14-11(15)3-2-4-12(14)16/h2-4,10H,5-9H2,1H3,(H,19,20). The van der Waals surface area contributed by atoms with E-state index < -0.39 is 32.5 Å². The number of halogens is 2. The number of nitrogens with zero attached hydrogens (tertiary/aromatic N) is 2. The number of carboxylic acids is 1. The van der Waals surface area contributed by atoms with Gasteiger partial charge in [0.15, 0.2) is 4.90 Å². The molecule has 1 aliphatic heterocycles. The van der Waals surface area contributed by atoms with Crippen LogP contribution in [-0.4, -0.2) is 61.4 Å². The van der Waals surface area contributed by atoms with Crippen molar-refractivity contribution < 1.29 is 27.1 Å². The zero-order valence-corrected chi connectivity index (χ0v) is 13.4. The molecule has 0 bridgehead atoms. The SMILES string of the molecule is CN(CC(=O)O)C1CCN(S(=O)(=O)c2c(F)cccc2F)CC1. The van der Waals surface area contributed by atoms with Gasteiger partial charge < -0.3 is 5.11 Å². The van der Waals surface area contributed by atoms with Crippen molar-refractivity contribution in [2.75, 3.05) is 26.7 Å². The fourth-order valence-corrected chi connectivity index (χ4v) is 4.30. The first-order valence-electron chi connectivity index (χ1n) is 7.09. The Morgan fingerprint density at radius 2 is 1.83 bits per heavy atom. The maximum absolute atomic E-state index is 13.7. The summed E-state index contributed by atoms with van der Waals surface area (Å²) in [6.07, 6.45) is 0.804. The van der Waals surface area contributed by atoms with Crippen LogP contribution in [0.2, 0.25) is 0 Å². The molecule has 1 fully saturated rings. The van der Waals surface area contributed by atoms with Crippen molar-refractivity contribution in [3.05, 3.63) is 29.8 Å². The van der Waals surface area contributed by atoms with Crippen LogP contribution in [0.15, 0.2) is 23.1 Å². The van der Waals surface area contributed by atoms with Crippen LogP contribution in [0.25, 0.3) is 0 Å². The zero-order chi connectivity index (χ0) is 17.2. The van der Waals surface area contributed by atoms with Crippen LogP contribution in [0.1, 0.15) is 12.8 Å². The first-order valence-corrected chi connectivity index (χ1v) is 8.53. The Labute approximate surface area is 133 Å². The van der Waals surface area contributed by atoms with Gasteiger partial charge in [-0.05, 0) is 32.0 Å². The molecular formula is C14H18F2N2O4S. The van der Waals surface area contributed by atoms with E-state index in [1.165, 1.54) is 0 Å².